The standard InChI is InChI=1S/C14H13IN2O2/c1-9-2-4-10(5-3-9)6-11(14(18)19)13-12(15)7-16-8-17-13/h2-5,7-8,11H,6H2,1H3,(H,18,19). The molecule has 0 saturated carbocycles. The summed E-state index contributed by atoms with van der Waals surface area (Å²) < 4.78 is 0.777. The minimum absolute atomic E-state index is 0.433. The van der Waals surface area contributed by atoms with E-state index in [2.05, 4.69) is 32.6 Å². The van der Waals surface area contributed by atoms with Gasteiger partial charge >= 0.3 is 5.97 Å². The Bertz CT molecular complexity index is 584. The molecular weight excluding hydrogens is 355 g/mol. The van der Waals surface area contributed by atoms with Gasteiger partial charge in [0.25, 0.3) is 0 Å². The fraction of sp³-hybridized carbons (Fsp3) is 0.214. The van der Waals surface area contributed by atoms with Crippen molar-refractivity contribution in [2.45, 2.75) is 19.3 Å². The monoisotopic (exact) mass is 368 g/mol. The van der Waals surface area contributed by atoms with Gasteiger partial charge in [0.1, 0.15) is 12.2 Å². The zero-order valence-corrected chi connectivity index (χ0v) is 12.5. The van der Waals surface area contributed by atoms with E-state index in [1.807, 2.05) is 31.2 Å². The number of aromatic nitrogens is 2. The molecule has 0 aliphatic heterocycles. The molecular formula is C14H13IN2O2. The third kappa shape index (κ3) is 3.50. The predicted molar refractivity (Wildman–Crippen MR) is 80.0 cm³/mol. The molecule has 0 amide bonds. The number of hydrogen-bond donors (Lipinski definition) is 1. The van der Waals surface area contributed by atoms with E-state index in [1.54, 1.807) is 6.20 Å². The van der Waals surface area contributed by atoms with Crippen LogP contribution in [-0.2, 0) is 11.2 Å². The summed E-state index contributed by atoms with van der Waals surface area (Å²) in [5.41, 5.74) is 2.73. The van der Waals surface area contributed by atoms with Crippen LogP contribution in [0.1, 0.15) is 22.7 Å². The lowest BCUT2D eigenvalue weighted by atomic mass is 9.95. The Morgan fingerprint density at radius 1 is 1.37 bits per heavy atom. The van der Waals surface area contributed by atoms with Gasteiger partial charge < -0.3 is 5.11 Å². The van der Waals surface area contributed by atoms with Crippen LogP contribution in [0.25, 0.3) is 0 Å². The Kier molecular flexibility index (Phi) is 4.47. The van der Waals surface area contributed by atoms with Crippen molar-refractivity contribution in [2.75, 3.05) is 0 Å². The van der Waals surface area contributed by atoms with Crippen LogP contribution in [0.2, 0.25) is 0 Å². The highest BCUT2D eigenvalue weighted by Crippen LogP contribution is 2.23. The second-order valence-corrected chi connectivity index (χ2v) is 5.50. The number of aliphatic carboxylic acids is 1. The summed E-state index contributed by atoms with van der Waals surface area (Å²) in [6.45, 7) is 2.01. The Hall–Kier alpha value is -1.50. The Morgan fingerprint density at radius 2 is 2.05 bits per heavy atom. The van der Waals surface area contributed by atoms with E-state index in [4.69, 9.17) is 0 Å². The van der Waals surface area contributed by atoms with Crippen molar-refractivity contribution < 1.29 is 9.90 Å². The van der Waals surface area contributed by atoms with Gasteiger partial charge in [-0.3, -0.25) is 4.79 Å². The van der Waals surface area contributed by atoms with Crippen molar-refractivity contribution in [3.63, 3.8) is 0 Å². The van der Waals surface area contributed by atoms with E-state index >= 15 is 0 Å². The lowest BCUT2D eigenvalue weighted by Gasteiger charge is -2.13. The molecule has 5 heteroatoms. The number of rotatable bonds is 4. The molecule has 2 rings (SSSR count). The number of nitrogens with zero attached hydrogens (tertiary/aromatic N) is 2. The summed E-state index contributed by atoms with van der Waals surface area (Å²) in [6.07, 6.45) is 3.46. The van der Waals surface area contributed by atoms with E-state index in [-0.39, 0.29) is 0 Å². The van der Waals surface area contributed by atoms with Crippen molar-refractivity contribution in [3.8, 4) is 0 Å². The van der Waals surface area contributed by atoms with Gasteiger partial charge in [0.2, 0.25) is 0 Å². The second-order valence-electron chi connectivity index (χ2n) is 4.34. The average molecular weight is 368 g/mol. The normalized spacial score (nSPS) is 12.1. The van der Waals surface area contributed by atoms with Crippen LogP contribution >= 0.6 is 22.6 Å². The molecule has 0 fully saturated rings. The van der Waals surface area contributed by atoms with Gasteiger partial charge in [-0.1, -0.05) is 29.8 Å². The second kappa shape index (κ2) is 6.10. The van der Waals surface area contributed by atoms with Crippen molar-refractivity contribution in [1.82, 2.24) is 9.97 Å². The molecule has 19 heavy (non-hydrogen) atoms. The molecule has 0 aliphatic carbocycles. The van der Waals surface area contributed by atoms with E-state index < -0.39 is 11.9 Å². The number of carboxylic acid groups (broad SMARTS) is 1. The Morgan fingerprint density at radius 3 is 2.63 bits per heavy atom. The van der Waals surface area contributed by atoms with Crippen LogP contribution in [0, 0.1) is 10.5 Å². The first-order valence-corrected chi connectivity index (χ1v) is 6.89. The highest BCUT2D eigenvalue weighted by Gasteiger charge is 2.24. The first-order valence-electron chi connectivity index (χ1n) is 5.81. The third-order valence-electron chi connectivity index (χ3n) is 2.88. The van der Waals surface area contributed by atoms with E-state index in [1.165, 1.54) is 6.33 Å². The zero-order valence-electron chi connectivity index (χ0n) is 10.4. The Labute approximate surface area is 125 Å². The SMILES string of the molecule is Cc1ccc(CC(C(=O)O)c2ncncc2I)cc1. The van der Waals surface area contributed by atoms with Gasteiger partial charge in [-0.25, -0.2) is 9.97 Å². The lowest BCUT2D eigenvalue weighted by molar-refractivity contribution is -0.138. The molecule has 0 aliphatic rings. The number of halogens is 1. The molecule has 4 nitrogen and oxygen atoms in total. The summed E-state index contributed by atoms with van der Waals surface area (Å²) in [6, 6.07) is 7.89. The number of carboxylic acids is 1. The molecule has 1 heterocycles. The molecule has 1 N–H and O–H groups in total. The molecule has 1 aromatic heterocycles. The lowest BCUT2D eigenvalue weighted by Crippen LogP contribution is -2.17. The minimum atomic E-state index is -0.864. The maximum absolute atomic E-state index is 11.5. The van der Waals surface area contributed by atoms with Crippen molar-refractivity contribution >= 4 is 28.6 Å². The quantitative estimate of drug-likeness (QED) is 0.844. The maximum Gasteiger partial charge on any atom is 0.312 e. The summed E-state index contributed by atoms with van der Waals surface area (Å²) in [4.78, 5) is 19.5. The van der Waals surface area contributed by atoms with Gasteiger partial charge in [-0.05, 0) is 41.5 Å². The molecule has 98 valence electrons. The van der Waals surface area contributed by atoms with Gasteiger partial charge in [0, 0.05) is 6.20 Å². The summed E-state index contributed by atoms with van der Waals surface area (Å²) in [5.74, 6) is -1.50. The summed E-state index contributed by atoms with van der Waals surface area (Å²) in [5, 5.41) is 9.40. The predicted octanol–water partition coefficient (Wildman–Crippen LogP) is 2.80. The fourth-order valence-corrected chi connectivity index (χ4v) is 2.52. The maximum atomic E-state index is 11.5. The van der Waals surface area contributed by atoms with E-state index in [0.29, 0.717) is 12.1 Å². The van der Waals surface area contributed by atoms with Gasteiger partial charge in [-0.15, -0.1) is 0 Å². The van der Waals surface area contributed by atoms with E-state index in [9.17, 15) is 9.90 Å². The number of carbonyl (C=O) groups is 1. The molecule has 1 unspecified atom stereocenters. The molecule has 1 atom stereocenters. The van der Waals surface area contributed by atoms with Crippen LogP contribution < -0.4 is 0 Å². The van der Waals surface area contributed by atoms with Crippen LogP contribution in [0.3, 0.4) is 0 Å². The van der Waals surface area contributed by atoms with Crippen LogP contribution in [0.5, 0.6) is 0 Å². The average Bonchev–Trinajstić information content (AvgIpc) is 2.39. The smallest absolute Gasteiger partial charge is 0.312 e. The largest absolute Gasteiger partial charge is 0.481 e. The number of hydrogen-bond acceptors (Lipinski definition) is 3. The highest BCUT2D eigenvalue weighted by molar-refractivity contribution is 14.1. The molecule has 1 aromatic carbocycles. The van der Waals surface area contributed by atoms with Gasteiger partial charge in [0.05, 0.1) is 9.26 Å². The molecule has 0 saturated heterocycles. The molecule has 0 radical (unpaired) electrons. The summed E-state index contributed by atoms with van der Waals surface area (Å²) >= 11 is 2.07. The van der Waals surface area contributed by atoms with E-state index in [0.717, 1.165) is 14.7 Å². The molecule has 0 bridgehead atoms. The van der Waals surface area contributed by atoms with Gasteiger partial charge in [0.15, 0.2) is 0 Å². The topological polar surface area (TPSA) is 63.1 Å². The number of aryl methyl sites for hydroxylation is 1. The summed E-state index contributed by atoms with van der Waals surface area (Å²) in [7, 11) is 0. The van der Waals surface area contributed by atoms with Gasteiger partial charge in [-0.2, -0.15) is 0 Å². The van der Waals surface area contributed by atoms with Crippen molar-refractivity contribution in [2.24, 2.45) is 0 Å². The first kappa shape index (κ1) is 13.9. The fourth-order valence-electron chi connectivity index (χ4n) is 1.84. The number of benzene rings is 1. The van der Waals surface area contributed by atoms with Crippen LogP contribution in [-0.4, -0.2) is 21.0 Å². The minimum Gasteiger partial charge on any atom is -0.481 e. The first-order chi connectivity index (χ1) is 9.08. The zero-order chi connectivity index (χ0) is 13.8. The van der Waals surface area contributed by atoms with Crippen LogP contribution in [0.4, 0.5) is 0 Å². The van der Waals surface area contributed by atoms with Crippen LogP contribution in [0.15, 0.2) is 36.8 Å². The van der Waals surface area contributed by atoms with Crippen molar-refractivity contribution in [3.05, 3.63) is 57.2 Å². The molecule has 2 aromatic rings. The molecule has 0 spiro atoms. The Balaban J connectivity index is 2.29. The van der Waals surface area contributed by atoms with Crippen molar-refractivity contribution in [1.29, 1.82) is 0 Å². The third-order valence-corrected chi connectivity index (χ3v) is 3.72. The highest BCUT2D eigenvalue weighted by atomic mass is 127.